The van der Waals surface area contributed by atoms with Gasteiger partial charge in [0.25, 0.3) is 0 Å². The molecule has 3 heterocycles. The van der Waals surface area contributed by atoms with Crippen LogP contribution in [0.25, 0.3) is 21.9 Å². The van der Waals surface area contributed by atoms with Gasteiger partial charge in [-0.3, -0.25) is 9.59 Å². The van der Waals surface area contributed by atoms with Gasteiger partial charge in [0.1, 0.15) is 16.9 Å². The number of fused-ring (bicyclic) bond motifs is 3. The van der Waals surface area contributed by atoms with Gasteiger partial charge in [-0.25, -0.2) is 4.79 Å². The zero-order valence-corrected chi connectivity index (χ0v) is 17.6. The van der Waals surface area contributed by atoms with Gasteiger partial charge in [-0.1, -0.05) is 42.5 Å². The summed E-state index contributed by atoms with van der Waals surface area (Å²) in [6.07, 6.45) is 1.92. The second-order valence-corrected chi connectivity index (χ2v) is 7.09. The van der Waals surface area contributed by atoms with Crippen LogP contribution in [0.4, 0.5) is 0 Å². The molecule has 0 fully saturated rings. The predicted octanol–water partition coefficient (Wildman–Crippen LogP) is 5.24. The Morgan fingerprint density at radius 1 is 0.667 bits per heavy atom. The maximum atomic E-state index is 11.2. The number of benzene rings is 3. The largest absolute Gasteiger partial charge is 0.492 e. The van der Waals surface area contributed by atoms with Gasteiger partial charge in [0.15, 0.2) is 11.2 Å². The van der Waals surface area contributed by atoms with Crippen molar-refractivity contribution in [2.75, 3.05) is 6.61 Å². The van der Waals surface area contributed by atoms with Crippen molar-refractivity contribution in [1.29, 1.82) is 0 Å². The Hall–Kier alpha value is -4.45. The molecule has 5 aromatic rings. The Morgan fingerprint density at radius 2 is 1.39 bits per heavy atom. The first-order valence-corrected chi connectivity index (χ1v) is 10.3. The van der Waals surface area contributed by atoms with E-state index in [2.05, 4.69) is 0 Å². The normalized spacial score (nSPS) is 11.9. The van der Waals surface area contributed by atoms with Crippen LogP contribution in [0.2, 0.25) is 0 Å². The van der Waals surface area contributed by atoms with Crippen LogP contribution in [0.5, 0.6) is 5.75 Å². The number of hydrogen-bond donors (Lipinski definition) is 0. The van der Waals surface area contributed by atoms with E-state index >= 15 is 0 Å². The highest BCUT2D eigenvalue weighted by molar-refractivity contribution is 5.99. The van der Waals surface area contributed by atoms with E-state index in [0.29, 0.717) is 29.6 Å². The minimum atomic E-state index is -0.302. The fraction of sp³-hybridized carbons (Fsp3) is 0.0741. The molecule has 0 saturated carbocycles. The van der Waals surface area contributed by atoms with Gasteiger partial charge in [-0.05, 0) is 36.4 Å². The third-order valence-electron chi connectivity index (χ3n) is 4.87. The lowest BCUT2D eigenvalue weighted by molar-refractivity contribution is 0.0933. The number of para-hydroxylation sites is 3. The van der Waals surface area contributed by atoms with Gasteiger partial charge in [-0.2, -0.15) is 0 Å². The average molecular weight is 440 g/mol. The van der Waals surface area contributed by atoms with E-state index in [1.54, 1.807) is 30.3 Å². The van der Waals surface area contributed by atoms with Crippen molar-refractivity contribution < 1.29 is 18.4 Å². The Balaban J connectivity index is 0.000000118. The first-order chi connectivity index (χ1) is 16.1. The lowest BCUT2D eigenvalue weighted by Crippen LogP contribution is -2.14. The van der Waals surface area contributed by atoms with E-state index in [4.69, 9.17) is 13.6 Å². The predicted molar refractivity (Wildman–Crippen MR) is 126 cm³/mol. The standard InChI is InChI=1S/C9H8O2.2C9H6O2/c2*10-8-5-6-11-9-4-2-1-3-7(8)9;10-9-6-5-7-3-1-2-4-8(7)11-9/h1-4H,5-6H2;2*1-6H. The molecule has 33 heavy (non-hydrogen) atoms. The van der Waals surface area contributed by atoms with Crippen molar-refractivity contribution in [3.8, 4) is 5.75 Å². The third kappa shape index (κ3) is 5.43. The quantitative estimate of drug-likeness (QED) is 0.306. The molecule has 0 atom stereocenters. The number of rotatable bonds is 0. The summed E-state index contributed by atoms with van der Waals surface area (Å²) in [7, 11) is 0. The third-order valence-corrected chi connectivity index (χ3v) is 4.87. The molecule has 0 aliphatic carbocycles. The summed E-state index contributed by atoms with van der Waals surface area (Å²) >= 11 is 0. The highest BCUT2D eigenvalue weighted by Gasteiger charge is 2.16. The molecule has 6 rings (SSSR count). The molecule has 6 heteroatoms. The van der Waals surface area contributed by atoms with Crippen LogP contribution in [0.15, 0.2) is 116 Å². The Kier molecular flexibility index (Phi) is 6.75. The SMILES string of the molecule is O=C1CCOc2ccccc21.O=c1ccc2ccccc2o1.O=c1ccoc2ccccc12. The van der Waals surface area contributed by atoms with Crippen molar-refractivity contribution >= 4 is 27.7 Å². The lowest BCUT2D eigenvalue weighted by Gasteiger charge is -2.14. The minimum absolute atomic E-state index is 0.00634. The molecule has 1 aliphatic rings. The zero-order valence-electron chi connectivity index (χ0n) is 17.6. The Labute approximate surface area is 188 Å². The van der Waals surface area contributed by atoms with Crippen LogP contribution in [0.3, 0.4) is 0 Å². The van der Waals surface area contributed by atoms with E-state index in [-0.39, 0.29) is 16.8 Å². The molecular weight excluding hydrogens is 420 g/mol. The Bertz CT molecular complexity index is 1500. The molecule has 0 N–H and O–H groups in total. The molecule has 164 valence electrons. The van der Waals surface area contributed by atoms with Gasteiger partial charge in [0, 0.05) is 23.9 Å². The van der Waals surface area contributed by atoms with Gasteiger partial charge in [0.05, 0.1) is 23.8 Å². The highest BCUT2D eigenvalue weighted by atomic mass is 16.5. The molecule has 2 aromatic heterocycles. The molecule has 6 nitrogen and oxygen atoms in total. The van der Waals surface area contributed by atoms with Gasteiger partial charge >= 0.3 is 5.63 Å². The molecule has 0 unspecified atom stereocenters. The van der Waals surface area contributed by atoms with E-state index < -0.39 is 0 Å². The Morgan fingerprint density at radius 3 is 2.21 bits per heavy atom. The highest BCUT2D eigenvalue weighted by Crippen LogP contribution is 2.23. The van der Waals surface area contributed by atoms with E-state index in [9.17, 15) is 14.4 Å². The molecule has 0 bridgehead atoms. The van der Waals surface area contributed by atoms with E-state index in [1.807, 2.05) is 48.5 Å². The molecule has 0 spiro atoms. The monoisotopic (exact) mass is 440 g/mol. The fourth-order valence-corrected chi connectivity index (χ4v) is 3.25. The zero-order chi connectivity index (χ0) is 23.0. The van der Waals surface area contributed by atoms with Crippen molar-refractivity contribution in [3.63, 3.8) is 0 Å². The first kappa shape index (κ1) is 21.8. The topological polar surface area (TPSA) is 86.7 Å². The fourth-order valence-electron chi connectivity index (χ4n) is 3.25. The van der Waals surface area contributed by atoms with Crippen LogP contribution in [-0.2, 0) is 0 Å². The van der Waals surface area contributed by atoms with Crippen LogP contribution < -0.4 is 15.8 Å². The number of ketones is 1. The number of carbonyl (C=O) groups excluding carboxylic acids is 1. The van der Waals surface area contributed by atoms with Crippen LogP contribution in [0, 0.1) is 0 Å². The molecule has 3 aromatic carbocycles. The summed E-state index contributed by atoms with van der Waals surface area (Å²) in [5.41, 5.74) is 1.70. The molecular formula is C27H20O6. The summed E-state index contributed by atoms with van der Waals surface area (Å²) in [6.45, 7) is 0.524. The summed E-state index contributed by atoms with van der Waals surface area (Å²) in [6, 6.07) is 26.5. The van der Waals surface area contributed by atoms with Crippen LogP contribution in [0.1, 0.15) is 16.8 Å². The van der Waals surface area contributed by atoms with Crippen molar-refractivity contribution in [1.82, 2.24) is 0 Å². The van der Waals surface area contributed by atoms with Gasteiger partial charge in [0.2, 0.25) is 0 Å². The maximum Gasteiger partial charge on any atom is 0.336 e. The summed E-state index contributed by atoms with van der Waals surface area (Å²) in [5, 5.41) is 1.59. The average Bonchev–Trinajstić information content (AvgIpc) is 2.86. The number of Topliss-reactive ketones (excluding diaryl/α,β-unsaturated/α-hetero) is 1. The second-order valence-electron chi connectivity index (χ2n) is 7.09. The van der Waals surface area contributed by atoms with Crippen molar-refractivity contribution in [2.24, 2.45) is 0 Å². The maximum absolute atomic E-state index is 11.2. The summed E-state index contributed by atoms with van der Waals surface area (Å²) in [5.74, 6) is 0.913. The van der Waals surface area contributed by atoms with Crippen LogP contribution in [-0.4, -0.2) is 12.4 Å². The molecule has 0 saturated heterocycles. The number of carbonyl (C=O) groups is 1. The lowest BCUT2D eigenvalue weighted by atomic mass is 10.1. The molecule has 0 radical (unpaired) electrons. The number of hydrogen-bond acceptors (Lipinski definition) is 6. The summed E-state index contributed by atoms with van der Waals surface area (Å²) in [4.78, 5) is 33.0. The number of ether oxygens (including phenoxy) is 1. The van der Waals surface area contributed by atoms with Gasteiger partial charge < -0.3 is 13.6 Å². The second kappa shape index (κ2) is 10.2. The van der Waals surface area contributed by atoms with Gasteiger partial charge in [-0.15, -0.1) is 0 Å². The summed E-state index contributed by atoms with van der Waals surface area (Å²) < 4.78 is 15.3. The van der Waals surface area contributed by atoms with Crippen LogP contribution >= 0.6 is 0 Å². The van der Waals surface area contributed by atoms with E-state index in [1.165, 1.54) is 18.4 Å². The van der Waals surface area contributed by atoms with E-state index in [0.717, 1.165) is 16.7 Å². The minimum Gasteiger partial charge on any atom is -0.492 e. The van der Waals surface area contributed by atoms with Crippen molar-refractivity contribution in [2.45, 2.75) is 6.42 Å². The van der Waals surface area contributed by atoms with Crippen molar-refractivity contribution in [3.05, 3.63) is 123 Å². The first-order valence-electron chi connectivity index (χ1n) is 10.3. The smallest absolute Gasteiger partial charge is 0.336 e. The molecule has 0 amide bonds. The molecule has 1 aliphatic heterocycles.